The van der Waals surface area contributed by atoms with E-state index in [1.54, 1.807) is 76.2 Å². The van der Waals surface area contributed by atoms with Crippen molar-refractivity contribution in [3.8, 4) is 5.75 Å². The zero-order chi connectivity index (χ0) is 42.1. The predicted molar refractivity (Wildman–Crippen MR) is 216 cm³/mol. The van der Waals surface area contributed by atoms with Crippen molar-refractivity contribution in [3.63, 3.8) is 0 Å². The molecule has 0 spiro atoms. The van der Waals surface area contributed by atoms with Crippen molar-refractivity contribution in [2.75, 3.05) is 19.7 Å². The van der Waals surface area contributed by atoms with Crippen LogP contribution in [0.3, 0.4) is 0 Å². The van der Waals surface area contributed by atoms with Gasteiger partial charge in [-0.3, -0.25) is 24.0 Å². The van der Waals surface area contributed by atoms with Crippen molar-refractivity contribution in [1.82, 2.24) is 31.9 Å². The minimum absolute atomic E-state index is 0.0258. The Morgan fingerprint density at radius 2 is 1.60 bits per heavy atom. The molecule has 0 saturated heterocycles. The monoisotopic (exact) mass is 804 g/mol. The van der Waals surface area contributed by atoms with Crippen molar-refractivity contribution in [3.05, 3.63) is 65.7 Å². The van der Waals surface area contributed by atoms with Crippen LogP contribution in [0.15, 0.2) is 54.6 Å². The van der Waals surface area contributed by atoms with Crippen molar-refractivity contribution >= 4 is 41.4 Å². The van der Waals surface area contributed by atoms with Crippen LogP contribution in [0.5, 0.6) is 5.75 Å². The highest BCUT2D eigenvalue weighted by Crippen LogP contribution is 2.27. The molecular weight excluding hydrogens is 745 g/mol. The summed E-state index contributed by atoms with van der Waals surface area (Å²) in [5, 5.41) is 16.1. The van der Waals surface area contributed by atoms with Crippen LogP contribution in [0.25, 0.3) is 0 Å². The van der Waals surface area contributed by atoms with Gasteiger partial charge in [-0.15, -0.1) is 0 Å². The van der Waals surface area contributed by atoms with Gasteiger partial charge in [-0.25, -0.2) is 9.59 Å². The fourth-order valence-electron chi connectivity index (χ4n) is 7.05. The third kappa shape index (κ3) is 14.8. The maximum Gasteiger partial charge on any atom is 0.333 e. The topological polar surface area (TPSA) is 210 Å². The number of ether oxygens (including phenoxy) is 2. The first-order chi connectivity index (χ1) is 27.7. The summed E-state index contributed by atoms with van der Waals surface area (Å²) in [6, 6.07) is 10.7. The van der Waals surface area contributed by atoms with Crippen LogP contribution in [0, 0.1) is 5.92 Å². The third-order valence-corrected chi connectivity index (χ3v) is 9.96. The minimum Gasteiger partial charge on any atom is -0.494 e. The number of nitrogens with one attached hydrogen (secondary N) is 6. The molecule has 58 heavy (non-hydrogen) atoms. The second kappa shape index (κ2) is 22.5. The second-order valence-corrected chi connectivity index (χ2v) is 15.9. The minimum atomic E-state index is -1.28. The summed E-state index contributed by atoms with van der Waals surface area (Å²) in [6.07, 6.45) is 7.22. The van der Waals surface area contributed by atoms with Crippen LogP contribution in [0.2, 0.25) is 0 Å². The van der Waals surface area contributed by atoms with Gasteiger partial charge < -0.3 is 41.4 Å². The average Bonchev–Trinajstić information content (AvgIpc) is 3.19. The number of hydrogen-bond acceptors (Lipinski definition) is 9. The Morgan fingerprint density at radius 3 is 2.31 bits per heavy atom. The molecule has 1 aliphatic carbocycles. The van der Waals surface area contributed by atoms with Gasteiger partial charge in [-0.1, -0.05) is 75.1 Å². The average molecular weight is 805 g/mol. The highest BCUT2D eigenvalue weighted by Gasteiger charge is 2.36. The van der Waals surface area contributed by atoms with Gasteiger partial charge in [-0.05, 0) is 88.5 Å². The van der Waals surface area contributed by atoms with Gasteiger partial charge in [-0.2, -0.15) is 0 Å². The van der Waals surface area contributed by atoms with Crippen LogP contribution < -0.4 is 36.6 Å². The number of fused-ring (bicyclic) bond motifs is 2. The number of carbonyl (C=O) groups is 7. The van der Waals surface area contributed by atoms with Gasteiger partial charge in [0.2, 0.25) is 23.5 Å². The van der Waals surface area contributed by atoms with Crippen LogP contribution >= 0.6 is 0 Å². The summed E-state index contributed by atoms with van der Waals surface area (Å²) >= 11 is 0. The van der Waals surface area contributed by atoms with Crippen molar-refractivity contribution in [2.24, 2.45) is 5.92 Å². The third-order valence-electron chi connectivity index (χ3n) is 9.96. The zero-order valence-electron chi connectivity index (χ0n) is 34.2. The molecular formula is C43H60N6O9. The van der Waals surface area contributed by atoms with E-state index < -0.39 is 77.7 Å². The molecule has 0 radical (unpaired) electrons. The van der Waals surface area contributed by atoms with Gasteiger partial charge in [0.15, 0.2) is 6.04 Å². The Kier molecular flexibility index (Phi) is 17.5. The van der Waals surface area contributed by atoms with Crippen LogP contribution in [0.4, 0.5) is 4.79 Å². The molecule has 1 saturated carbocycles. The summed E-state index contributed by atoms with van der Waals surface area (Å²) in [4.78, 5) is 94.0. The molecule has 1 aliphatic heterocycles. The van der Waals surface area contributed by atoms with Gasteiger partial charge in [0, 0.05) is 13.0 Å². The SMILES string of the molecule is CCCC(NC(=O)[C@@H]1Cc2cccc(c2)OCCCCCNC(=O)N[C@@H](C2CCCCC2)C(=O)N1)C(=O)C(=O)NCC(=O)N[C@H](C(=O)OC(C)(C)C)c1ccccc1. The van der Waals surface area contributed by atoms with Gasteiger partial charge in [0.1, 0.15) is 23.4 Å². The molecule has 2 aromatic carbocycles. The zero-order valence-corrected chi connectivity index (χ0v) is 34.2. The number of urea groups is 1. The van der Waals surface area contributed by atoms with E-state index in [1.807, 2.05) is 6.07 Å². The number of amides is 6. The molecule has 1 unspecified atom stereocenters. The highest BCUT2D eigenvalue weighted by molar-refractivity contribution is 6.38. The van der Waals surface area contributed by atoms with E-state index in [9.17, 15) is 33.6 Å². The molecule has 316 valence electrons. The van der Waals surface area contributed by atoms with E-state index in [-0.39, 0.29) is 18.8 Å². The van der Waals surface area contributed by atoms with Gasteiger partial charge in [0.05, 0.1) is 19.2 Å². The molecule has 1 heterocycles. The van der Waals surface area contributed by atoms with Crippen LogP contribution in [-0.2, 0) is 39.9 Å². The first-order valence-corrected chi connectivity index (χ1v) is 20.5. The standard InChI is InChI=1S/C43H60N6O9/c1-5-16-32(37(51)40(54)45-27-34(50)48-36(30-20-11-7-12-21-30)41(55)58-43(2,3)4)46-38(52)33-26-28-17-15-22-31(25-28)57-24-14-8-13-23-44-42(56)49-35(39(53)47-33)29-18-9-6-10-19-29/h7,11-12,15,17,20-22,25,29,32-33,35-36H,5-6,8-10,13-14,16,18-19,23-24,26-27H2,1-4H3,(H,45,54)(H,46,52)(H,47,53)(H,48,50)(H2,44,49,56)/t32?,33-,35-,36-/m0/s1. The molecule has 1 fully saturated rings. The molecule has 15 nitrogen and oxygen atoms in total. The molecule has 6 amide bonds. The van der Waals surface area contributed by atoms with Crippen LogP contribution in [-0.4, -0.2) is 84.8 Å². The first kappa shape index (κ1) is 45.2. The summed E-state index contributed by atoms with van der Waals surface area (Å²) in [6.45, 7) is 7.13. The first-order valence-electron chi connectivity index (χ1n) is 20.5. The molecule has 4 rings (SSSR count). The fourth-order valence-corrected chi connectivity index (χ4v) is 7.05. The number of hydrogen-bond donors (Lipinski definition) is 6. The lowest BCUT2D eigenvalue weighted by Gasteiger charge is -2.31. The maximum absolute atomic E-state index is 14.1. The molecule has 2 aliphatic rings. The quantitative estimate of drug-likeness (QED) is 0.136. The van der Waals surface area contributed by atoms with Gasteiger partial charge in [0.25, 0.3) is 5.91 Å². The Balaban J connectivity index is 1.49. The normalized spacial score (nSPS) is 19.6. The second-order valence-electron chi connectivity index (χ2n) is 15.9. The molecule has 6 N–H and O–H groups in total. The molecule has 2 aromatic rings. The maximum atomic E-state index is 14.1. The van der Waals surface area contributed by atoms with E-state index in [2.05, 4.69) is 31.9 Å². The number of rotatable bonds is 12. The largest absolute Gasteiger partial charge is 0.494 e. The lowest BCUT2D eigenvalue weighted by Crippen LogP contribution is -2.59. The Morgan fingerprint density at radius 1 is 0.879 bits per heavy atom. The van der Waals surface area contributed by atoms with E-state index in [4.69, 9.17) is 9.47 Å². The summed E-state index contributed by atoms with van der Waals surface area (Å²) < 4.78 is 11.4. The molecule has 15 heteroatoms. The van der Waals surface area contributed by atoms with Crippen LogP contribution in [0.1, 0.15) is 109 Å². The lowest BCUT2D eigenvalue weighted by atomic mass is 9.83. The summed E-state index contributed by atoms with van der Waals surface area (Å²) in [5.74, 6) is -4.31. The van der Waals surface area contributed by atoms with E-state index in [1.165, 1.54) is 0 Å². The highest BCUT2D eigenvalue weighted by atomic mass is 16.6. The molecule has 4 atom stereocenters. The predicted octanol–water partition coefficient (Wildman–Crippen LogP) is 3.69. The van der Waals surface area contributed by atoms with Crippen molar-refractivity contribution < 1.29 is 43.0 Å². The van der Waals surface area contributed by atoms with Gasteiger partial charge >= 0.3 is 12.0 Å². The van der Waals surface area contributed by atoms with Crippen molar-refractivity contribution in [1.29, 1.82) is 0 Å². The van der Waals surface area contributed by atoms with E-state index >= 15 is 0 Å². The summed E-state index contributed by atoms with van der Waals surface area (Å²) in [7, 11) is 0. The Bertz CT molecular complexity index is 1720. The van der Waals surface area contributed by atoms with E-state index in [0.717, 1.165) is 51.4 Å². The molecule has 0 aromatic heterocycles. The number of esters is 1. The number of ketones is 1. The number of carbonyl (C=O) groups excluding carboxylic acids is 7. The van der Waals surface area contributed by atoms with Crippen molar-refractivity contribution in [2.45, 2.75) is 128 Å². The Hall–Kier alpha value is -5.47. The lowest BCUT2D eigenvalue weighted by molar-refractivity contribution is -0.158. The smallest absolute Gasteiger partial charge is 0.333 e. The molecule has 2 bridgehead atoms. The Labute approximate surface area is 340 Å². The fraction of sp³-hybridized carbons (Fsp3) is 0.558. The van der Waals surface area contributed by atoms with E-state index in [0.29, 0.717) is 36.4 Å². The number of benzene rings is 2. The number of Topliss-reactive ketones (excluding diaryl/α,β-unsaturated/α-hetero) is 1. The summed E-state index contributed by atoms with van der Waals surface area (Å²) in [5.41, 5.74) is 0.321.